The number of hydrogen-bond donors (Lipinski definition) is 2. The quantitative estimate of drug-likeness (QED) is 0.873. The number of aromatic nitrogens is 1. The summed E-state index contributed by atoms with van der Waals surface area (Å²) in [4.78, 5) is 16.8. The van der Waals surface area contributed by atoms with E-state index in [1.165, 1.54) is 0 Å². The molecule has 1 aromatic heterocycles. The van der Waals surface area contributed by atoms with E-state index in [0.717, 1.165) is 44.0 Å². The van der Waals surface area contributed by atoms with Gasteiger partial charge in [0, 0.05) is 38.1 Å². The van der Waals surface area contributed by atoms with Crippen molar-refractivity contribution in [3.63, 3.8) is 0 Å². The molecule has 0 unspecified atom stereocenters. The molecule has 0 spiro atoms. The first kappa shape index (κ1) is 15.8. The molecule has 0 atom stereocenters. The van der Waals surface area contributed by atoms with Gasteiger partial charge in [-0.25, -0.2) is 4.98 Å². The van der Waals surface area contributed by atoms with Crippen molar-refractivity contribution in [3.05, 3.63) is 23.4 Å². The summed E-state index contributed by atoms with van der Waals surface area (Å²) in [5.74, 6) is 0.702. The Morgan fingerprint density at radius 2 is 2.10 bits per heavy atom. The summed E-state index contributed by atoms with van der Waals surface area (Å²) in [6, 6.07) is 3.66. The van der Waals surface area contributed by atoms with Crippen LogP contribution in [-0.4, -0.2) is 37.7 Å². The Bertz CT molecular complexity index is 474. The number of hydrogen-bond acceptors (Lipinski definition) is 4. The molecule has 1 saturated heterocycles. The van der Waals surface area contributed by atoms with Gasteiger partial charge < -0.3 is 15.4 Å². The maximum absolute atomic E-state index is 12.4. The molecule has 2 N–H and O–H groups in total. The van der Waals surface area contributed by atoms with Crippen molar-refractivity contribution in [2.24, 2.45) is 5.41 Å². The second-order valence-electron chi connectivity index (χ2n) is 5.94. The van der Waals surface area contributed by atoms with Crippen molar-refractivity contribution in [2.75, 3.05) is 32.1 Å². The number of carbonyl (C=O) groups is 1. The standard InChI is InChI=1S/C16H25N3O2/c1-4-13-9-12(10-14(17-3)19-13)15(20)18-11-16(2)5-7-21-8-6-16/h9-10H,4-8,11H2,1-3H3,(H,17,19)(H,18,20). The topological polar surface area (TPSA) is 63.2 Å². The monoisotopic (exact) mass is 291 g/mol. The van der Waals surface area contributed by atoms with Crippen LogP contribution in [0.4, 0.5) is 5.82 Å². The van der Waals surface area contributed by atoms with E-state index < -0.39 is 0 Å². The van der Waals surface area contributed by atoms with Gasteiger partial charge in [0.15, 0.2) is 0 Å². The highest BCUT2D eigenvalue weighted by molar-refractivity contribution is 5.95. The lowest BCUT2D eigenvalue weighted by Gasteiger charge is -2.33. The van der Waals surface area contributed by atoms with Crippen LogP contribution in [0.15, 0.2) is 12.1 Å². The maximum Gasteiger partial charge on any atom is 0.251 e. The highest BCUT2D eigenvalue weighted by Gasteiger charge is 2.27. The Morgan fingerprint density at radius 1 is 1.38 bits per heavy atom. The average Bonchev–Trinajstić information content (AvgIpc) is 2.52. The Hall–Kier alpha value is -1.62. The van der Waals surface area contributed by atoms with Gasteiger partial charge in [0.25, 0.3) is 5.91 Å². The number of ether oxygens (including phenoxy) is 1. The molecule has 1 aliphatic heterocycles. The van der Waals surface area contributed by atoms with Crippen LogP contribution in [0.1, 0.15) is 42.7 Å². The number of amides is 1. The molecule has 21 heavy (non-hydrogen) atoms. The molecule has 0 saturated carbocycles. The van der Waals surface area contributed by atoms with Crippen molar-refractivity contribution < 1.29 is 9.53 Å². The molecule has 0 aromatic carbocycles. The number of aryl methyl sites for hydroxylation is 1. The molecule has 0 radical (unpaired) electrons. The van der Waals surface area contributed by atoms with E-state index in [2.05, 4.69) is 22.5 Å². The van der Waals surface area contributed by atoms with Crippen LogP contribution in [-0.2, 0) is 11.2 Å². The SMILES string of the molecule is CCc1cc(C(=O)NCC2(C)CCOCC2)cc(NC)n1. The van der Waals surface area contributed by atoms with Gasteiger partial charge in [0.1, 0.15) is 5.82 Å². The molecule has 116 valence electrons. The van der Waals surface area contributed by atoms with Gasteiger partial charge in [-0.1, -0.05) is 13.8 Å². The minimum atomic E-state index is -0.0312. The number of rotatable bonds is 5. The molecule has 1 amide bonds. The van der Waals surface area contributed by atoms with Gasteiger partial charge in [0.2, 0.25) is 0 Å². The Balaban J connectivity index is 2.02. The lowest BCUT2D eigenvalue weighted by molar-refractivity contribution is 0.0238. The van der Waals surface area contributed by atoms with Gasteiger partial charge in [0.05, 0.1) is 0 Å². The number of nitrogens with zero attached hydrogens (tertiary/aromatic N) is 1. The fourth-order valence-corrected chi connectivity index (χ4v) is 2.46. The summed E-state index contributed by atoms with van der Waals surface area (Å²) in [6.45, 7) is 6.50. The van der Waals surface area contributed by atoms with Gasteiger partial charge in [-0.05, 0) is 36.8 Å². The first-order chi connectivity index (χ1) is 10.1. The number of pyridine rings is 1. The van der Waals surface area contributed by atoms with E-state index >= 15 is 0 Å². The van der Waals surface area contributed by atoms with Crippen molar-refractivity contribution in [1.82, 2.24) is 10.3 Å². The molecule has 2 heterocycles. The largest absolute Gasteiger partial charge is 0.381 e. The summed E-state index contributed by atoms with van der Waals surface area (Å²) < 4.78 is 5.39. The predicted octanol–water partition coefficient (Wildman–Crippen LogP) is 2.23. The number of anilines is 1. The fourth-order valence-electron chi connectivity index (χ4n) is 2.46. The van der Waals surface area contributed by atoms with Crippen LogP contribution in [0.3, 0.4) is 0 Å². The van der Waals surface area contributed by atoms with Crippen LogP contribution in [0.2, 0.25) is 0 Å². The van der Waals surface area contributed by atoms with E-state index in [1.807, 2.05) is 20.0 Å². The minimum Gasteiger partial charge on any atom is -0.381 e. The third-order valence-corrected chi connectivity index (χ3v) is 4.13. The Labute approximate surface area is 126 Å². The Morgan fingerprint density at radius 3 is 2.71 bits per heavy atom. The van der Waals surface area contributed by atoms with E-state index in [-0.39, 0.29) is 11.3 Å². The average molecular weight is 291 g/mol. The van der Waals surface area contributed by atoms with Crippen LogP contribution >= 0.6 is 0 Å². The van der Waals surface area contributed by atoms with E-state index in [0.29, 0.717) is 12.1 Å². The molecule has 2 rings (SSSR count). The Kier molecular flexibility index (Phi) is 5.17. The fraction of sp³-hybridized carbons (Fsp3) is 0.625. The zero-order chi connectivity index (χ0) is 15.3. The van der Waals surface area contributed by atoms with Crippen molar-refractivity contribution in [2.45, 2.75) is 33.1 Å². The minimum absolute atomic E-state index is 0.0312. The highest BCUT2D eigenvalue weighted by atomic mass is 16.5. The summed E-state index contributed by atoms with van der Waals surface area (Å²) in [7, 11) is 1.81. The van der Waals surface area contributed by atoms with Gasteiger partial charge in [-0.3, -0.25) is 4.79 Å². The third kappa shape index (κ3) is 4.17. The lowest BCUT2D eigenvalue weighted by Crippen LogP contribution is -2.39. The third-order valence-electron chi connectivity index (χ3n) is 4.13. The second-order valence-corrected chi connectivity index (χ2v) is 5.94. The molecule has 1 aliphatic rings. The normalized spacial score (nSPS) is 17.3. The lowest BCUT2D eigenvalue weighted by atomic mass is 9.82. The first-order valence-corrected chi connectivity index (χ1v) is 7.61. The smallest absolute Gasteiger partial charge is 0.251 e. The van der Waals surface area contributed by atoms with Crippen LogP contribution in [0, 0.1) is 5.41 Å². The zero-order valence-electron chi connectivity index (χ0n) is 13.2. The van der Waals surface area contributed by atoms with Gasteiger partial charge in [-0.2, -0.15) is 0 Å². The molecule has 0 aliphatic carbocycles. The van der Waals surface area contributed by atoms with Crippen LogP contribution in [0.5, 0.6) is 0 Å². The van der Waals surface area contributed by atoms with Crippen LogP contribution in [0.25, 0.3) is 0 Å². The molecule has 0 bridgehead atoms. The molecular weight excluding hydrogens is 266 g/mol. The van der Waals surface area contributed by atoms with Crippen LogP contribution < -0.4 is 10.6 Å². The van der Waals surface area contributed by atoms with Crippen molar-refractivity contribution >= 4 is 11.7 Å². The maximum atomic E-state index is 12.4. The second kappa shape index (κ2) is 6.89. The molecule has 1 aromatic rings. The number of nitrogens with one attached hydrogen (secondary N) is 2. The summed E-state index contributed by atoms with van der Waals surface area (Å²) in [6.07, 6.45) is 2.79. The summed E-state index contributed by atoms with van der Waals surface area (Å²) >= 11 is 0. The molecule has 5 heteroatoms. The van der Waals surface area contributed by atoms with Crippen molar-refractivity contribution in [3.8, 4) is 0 Å². The predicted molar refractivity (Wildman–Crippen MR) is 83.7 cm³/mol. The summed E-state index contributed by atoms with van der Waals surface area (Å²) in [5.41, 5.74) is 1.73. The first-order valence-electron chi connectivity index (χ1n) is 7.61. The van der Waals surface area contributed by atoms with E-state index in [4.69, 9.17) is 4.74 Å². The molecule has 5 nitrogen and oxygen atoms in total. The number of carbonyl (C=O) groups excluding carboxylic acids is 1. The van der Waals surface area contributed by atoms with E-state index in [9.17, 15) is 4.79 Å². The van der Waals surface area contributed by atoms with Crippen molar-refractivity contribution in [1.29, 1.82) is 0 Å². The van der Waals surface area contributed by atoms with Gasteiger partial charge in [-0.15, -0.1) is 0 Å². The molecular formula is C16H25N3O2. The highest BCUT2D eigenvalue weighted by Crippen LogP contribution is 2.28. The molecule has 1 fully saturated rings. The van der Waals surface area contributed by atoms with Gasteiger partial charge >= 0.3 is 0 Å². The zero-order valence-corrected chi connectivity index (χ0v) is 13.2. The summed E-state index contributed by atoms with van der Waals surface area (Å²) in [5, 5.41) is 6.06. The van der Waals surface area contributed by atoms with E-state index in [1.54, 1.807) is 6.07 Å².